The topological polar surface area (TPSA) is 29.5 Å². The molecule has 0 aliphatic rings. The first-order valence-electron chi connectivity index (χ1n) is 5.62. The van der Waals surface area contributed by atoms with E-state index in [0.717, 1.165) is 18.4 Å². The minimum Gasteiger partial charge on any atom is -0.390 e. The van der Waals surface area contributed by atoms with Crippen LogP contribution in [0.4, 0.5) is 0 Å². The van der Waals surface area contributed by atoms with Gasteiger partial charge in [-0.2, -0.15) is 0 Å². The molecule has 0 amide bonds. The van der Waals surface area contributed by atoms with Crippen LogP contribution in [0.5, 0.6) is 0 Å². The molecule has 2 unspecified atom stereocenters. The molecule has 16 heavy (non-hydrogen) atoms. The Morgan fingerprint density at radius 2 is 1.94 bits per heavy atom. The van der Waals surface area contributed by atoms with Crippen molar-refractivity contribution in [3.63, 3.8) is 0 Å². The second-order valence-electron chi connectivity index (χ2n) is 3.96. The van der Waals surface area contributed by atoms with Gasteiger partial charge in [-0.05, 0) is 46.7 Å². The Labute approximate surface area is 111 Å². The molecule has 0 saturated heterocycles. The minimum atomic E-state index is -0.412. The SMILES string of the molecule is CCCC(OC)C(O)Cc1ccc(I)cc1. The summed E-state index contributed by atoms with van der Waals surface area (Å²) in [5.74, 6) is 0. The van der Waals surface area contributed by atoms with Crippen molar-refractivity contribution in [3.8, 4) is 0 Å². The highest BCUT2D eigenvalue weighted by Gasteiger charge is 2.17. The molecule has 1 aromatic carbocycles. The van der Waals surface area contributed by atoms with Gasteiger partial charge in [0.2, 0.25) is 0 Å². The van der Waals surface area contributed by atoms with Crippen LogP contribution < -0.4 is 0 Å². The van der Waals surface area contributed by atoms with Gasteiger partial charge in [0.05, 0.1) is 12.2 Å². The van der Waals surface area contributed by atoms with Gasteiger partial charge in [0.15, 0.2) is 0 Å². The van der Waals surface area contributed by atoms with Crippen LogP contribution >= 0.6 is 22.6 Å². The van der Waals surface area contributed by atoms with E-state index in [1.807, 2.05) is 0 Å². The second-order valence-corrected chi connectivity index (χ2v) is 5.21. The van der Waals surface area contributed by atoms with E-state index in [-0.39, 0.29) is 6.10 Å². The third-order valence-electron chi connectivity index (χ3n) is 2.66. The van der Waals surface area contributed by atoms with Crippen molar-refractivity contribution >= 4 is 22.6 Å². The normalized spacial score (nSPS) is 14.8. The molecule has 0 bridgehead atoms. The summed E-state index contributed by atoms with van der Waals surface area (Å²) < 4.78 is 6.51. The van der Waals surface area contributed by atoms with E-state index in [4.69, 9.17) is 4.74 Å². The number of aliphatic hydroxyl groups excluding tert-OH is 1. The maximum atomic E-state index is 10.0. The summed E-state index contributed by atoms with van der Waals surface area (Å²) in [6.07, 6.45) is 2.13. The van der Waals surface area contributed by atoms with Crippen LogP contribution in [-0.2, 0) is 11.2 Å². The van der Waals surface area contributed by atoms with E-state index in [1.165, 1.54) is 3.57 Å². The molecule has 0 fully saturated rings. The van der Waals surface area contributed by atoms with Gasteiger partial charge in [0, 0.05) is 17.1 Å². The smallest absolute Gasteiger partial charge is 0.0841 e. The summed E-state index contributed by atoms with van der Waals surface area (Å²) in [4.78, 5) is 0. The highest BCUT2D eigenvalue weighted by molar-refractivity contribution is 14.1. The summed E-state index contributed by atoms with van der Waals surface area (Å²) in [5.41, 5.74) is 1.16. The number of aliphatic hydroxyl groups is 1. The molecular formula is C13H19IO2. The van der Waals surface area contributed by atoms with E-state index >= 15 is 0 Å². The number of rotatable bonds is 6. The highest BCUT2D eigenvalue weighted by atomic mass is 127. The molecule has 0 aliphatic carbocycles. The summed E-state index contributed by atoms with van der Waals surface area (Å²) in [6, 6.07) is 8.24. The van der Waals surface area contributed by atoms with Crippen molar-refractivity contribution in [2.45, 2.75) is 38.4 Å². The number of halogens is 1. The number of benzene rings is 1. The van der Waals surface area contributed by atoms with Gasteiger partial charge in [-0.1, -0.05) is 25.5 Å². The van der Waals surface area contributed by atoms with Gasteiger partial charge in [-0.25, -0.2) is 0 Å². The van der Waals surface area contributed by atoms with Gasteiger partial charge in [-0.3, -0.25) is 0 Å². The Morgan fingerprint density at radius 1 is 1.31 bits per heavy atom. The van der Waals surface area contributed by atoms with Crippen LogP contribution in [0.3, 0.4) is 0 Å². The van der Waals surface area contributed by atoms with Crippen LogP contribution in [-0.4, -0.2) is 24.4 Å². The summed E-state index contributed by atoms with van der Waals surface area (Å²) >= 11 is 2.28. The van der Waals surface area contributed by atoms with Crippen molar-refractivity contribution in [2.75, 3.05) is 7.11 Å². The molecule has 2 atom stereocenters. The largest absolute Gasteiger partial charge is 0.390 e. The van der Waals surface area contributed by atoms with Gasteiger partial charge >= 0.3 is 0 Å². The van der Waals surface area contributed by atoms with Crippen molar-refractivity contribution < 1.29 is 9.84 Å². The Bertz CT molecular complexity index is 297. The minimum absolute atomic E-state index is 0.0516. The number of ether oxygens (including phenoxy) is 1. The molecule has 0 spiro atoms. The van der Waals surface area contributed by atoms with Crippen LogP contribution in [0.1, 0.15) is 25.3 Å². The fourth-order valence-electron chi connectivity index (χ4n) is 1.75. The van der Waals surface area contributed by atoms with E-state index in [0.29, 0.717) is 6.42 Å². The Hall–Kier alpha value is -0.130. The zero-order valence-electron chi connectivity index (χ0n) is 9.82. The first kappa shape index (κ1) is 13.9. The fraction of sp³-hybridized carbons (Fsp3) is 0.538. The maximum Gasteiger partial charge on any atom is 0.0841 e. The van der Waals surface area contributed by atoms with Crippen LogP contribution in [0.15, 0.2) is 24.3 Å². The second kappa shape index (κ2) is 7.25. The predicted molar refractivity (Wildman–Crippen MR) is 74.6 cm³/mol. The molecule has 0 heterocycles. The van der Waals surface area contributed by atoms with E-state index in [2.05, 4.69) is 53.8 Å². The lowest BCUT2D eigenvalue weighted by Crippen LogP contribution is -2.29. The molecule has 0 saturated carbocycles. The number of hydrogen-bond acceptors (Lipinski definition) is 2. The molecule has 0 radical (unpaired) electrons. The highest BCUT2D eigenvalue weighted by Crippen LogP contribution is 2.13. The maximum absolute atomic E-state index is 10.0. The molecule has 2 nitrogen and oxygen atoms in total. The lowest BCUT2D eigenvalue weighted by Gasteiger charge is -2.21. The molecule has 1 aromatic rings. The monoisotopic (exact) mass is 334 g/mol. The van der Waals surface area contributed by atoms with Crippen molar-refractivity contribution in [1.82, 2.24) is 0 Å². The number of hydrogen-bond donors (Lipinski definition) is 1. The first-order valence-corrected chi connectivity index (χ1v) is 6.70. The molecule has 0 aliphatic heterocycles. The van der Waals surface area contributed by atoms with Gasteiger partial charge in [0.25, 0.3) is 0 Å². The lowest BCUT2D eigenvalue weighted by molar-refractivity contribution is -0.0159. The predicted octanol–water partition coefficient (Wildman–Crippen LogP) is 3.01. The average molecular weight is 334 g/mol. The van der Waals surface area contributed by atoms with Crippen LogP contribution in [0, 0.1) is 3.57 Å². The summed E-state index contributed by atoms with van der Waals surface area (Å²) in [6.45, 7) is 2.10. The van der Waals surface area contributed by atoms with Gasteiger partial charge < -0.3 is 9.84 Å². The lowest BCUT2D eigenvalue weighted by atomic mass is 10.0. The zero-order valence-corrected chi connectivity index (χ0v) is 12.0. The Morgan fingerprint density at radius 3 is 2.44 bits per heavy atom. The third-order valence-corrected chi connectivity index (χ3v) is 3.38. The zero-order chi connectivity index (χ0) is 12.0. The van der Waals surface area contributed by atoms with E-state index in [9.17, 15) is 5.11 Å². The van der Waals surface area contributed by atoms with Crippen molar-refractivity contribution in [3.05, 3.63) is 33.4 Å². The molecule has 1 rings (SSSR count). The van der Waals surface area contributed by atoms with Crippen LogP contribution in [0.2, 0.25) is 0 Å². The molecule has 3 heteroatoms. The van der Waals surface area contributed by atoms with Crippen LogP contribution in [0.25, 0.3) is 0 Å². The standard InChI is InChI=1S/C13H19IO2/c1-3-4-13(16-2)12(15)9-10-5-7-11(14)8-6-10/h5-8,12-13,15H,3-4,9H2,1-2H3. The summed E-state index contributed by atoms with van der Waals surface area (Å²) in [5, 5.41) is 10.0. The molecular weight excluding hydrogens is 315 g/mol. The van der Waals surface area contributed by atoms with Gasteiger partial charge in [0.1, 0.15) is 0 Å². The van der Waals surface area contributed by atoms with Crippen molar-refractivity contribution in [2.24, 2.45) is 0 Å². The number of methoxy groups -OCH3 is 1. The van der Waals surface area contributed by atoms with Crippen molar-refractivity contribution in [1.29, 1.82) is 0 Å². The average Bonchev–Trinajstić information content (AvgIpc) is 2.29. The Kier molecular flexibility index (Phi) is 6.31. The first-order chi connectivity index (χ1) is 7.67. The third kappa shape index (κ3) is 4.39. The molecule has 1 N–H and O–H groups in total. The Balaban J connectivity index is 2.55. The molecule has 90 valence electrons. The quantitative estimate of drug-likeness (QED) is 0.811. The van der Waals surface area contributed by atoms with E-state index < -0.39 is 6.10 Å². The van der Waals surface area contributed by atoms with E-state index in [1.54, 1.807) is 7.11 Å². The fourth-order valence-corrected chi connectivity index (χ4v) is 2.10. The van der Waals surface area contributed by atoms with Gasteiger partial charge in [-0.15, -0.1) is 0 Å². The summed E-state index contributed by atoms with van der Waals surface area (Å²) in [7, 11) is 1.66. The molecule has 0 aromatic heterocycles.